The van der Waals surface area contributed by atoms with Crippen molar-refractivity contribution >= 4 is 16.5 Å². The molecule has 2 aliphatic rings. The molecule has 2 fully saturated rings. The summed E-state index contributed by atoms with van der Waals surface area (Å²) in [6.45, 7) is 13.9. The zero-order valence-electron chi connectivity index (χ0n) is 16.0. The van der Waals surface area contributed by atoms with Crippen LogP contribution in [0.15, 0.2) is 0 Å². The van der Waals surface area contributed by atoms with Crippen LogP contribution in [0.4, 0.5) is 0 Å². The van der Waals surface area contributed by atoms with E-state index in [1.807, 2.05) is 0 Å². The van der Waals surface area contributed by atoms with Crippen LogP contribution in [0.2, 0.25) is 39.3 Å². The topological polar surface area (TPSA) is 28.2 Å². The van der Waals surface area contributed by atoms with Crippen molar-refractivity contribution in [2.75, 3.05) is 0 Å². The summed E-state index contributed by atoms with van der Waals surface area (Å²) in [5.74, 6) is 0. The van der Waals surface area contributed by atoms with E-state index in [0.29, 0.717) is 0 Å². The SMILES string of the molecule is C[Si](C)(C)[N-]C1CCCC1.C[Si](C)(C)[N-]C1CCCC1.[Cl-].[Cl-].[Zr+4]. The van der Waals surface area contributed by atoms with Gasteiger partial charge in [0.1, 0.15) is 0 Å². The minimum Gasteiger partial charge on any atom is -1.00 e. The molecule has 23 heavy (non-hydrogen) atoms. The average Bonchev–Trinajstić information content (AvgIpc) is 2.87. The Morgan fingerprint density at radius 2 is 0.783 bits per heavy atom. The number of nitrogens with zero attached hydrogens (tertiary/aromatic N) is 2. The van der Waals surface area contributed by atoms with Gasteiger partial charge in [-0.25, -0.2) is 0 Å². The minimum atomic E-state index is -1.10. The van der Waals surface area contributed by atoms with Crippen LogP contribution >= 0.6 is 0 Å². The van der Waals surface area contributed by atoms with E-state index >= 15 is 0 Å². The monoisotopic (exact) mass is 472 g/mol. The van der Waals surface area contributed by atoms with Gasteiger partial charge in [-0.3, -0.25) is 0 Å². The third kappa shape index (κ3) is 17.0. The maximum atomic E-state index is 4.85. The molecule has 2 nitrogen and oxygen atoms in total. The van der Waals surface area contributed by atoms with Gasteiger partial charge >= 0.3 is 26.2 Å². The van der Waals surface area contributed by atoms with E-state index in [4.69, 9.17) is 9.96 Å². The van der Waals surface area contributed by atoms with Crippen LogP contribution in [-0.2, 0) is 26.2 Å². The molecule has 2 aliphatic carbocycles. The smallest absolute Gasteiger partial charge is 1.00 e. The summed E-state index contributed by atoms with van der Waals surface area (Å²) >= 11 is 0. The summed E-state index contributed by atoms with van der Waals surface area (Å²) in [6.07, 6.45) is 11.1. The van der Waals surface area contributed by atoms with Gasteiger partial charge in [0.15, 0.2) is 0 Å². The number of hydrogen-bond acceptors (Lipinski definition) is 0. The summed E-state index contributed by atoms with van der Waals surface area (Å²) in [5, 5.41) is 0. The zero-order chi connectivity index (χ0) is 15.2. The van der Waals surface area contributed by atoms with Gasteiger partial charge < -0.3 is 34.8 Å². The maximum absolute atomic E-state index is 4.85. The minimum absolute atomic E-state index is 0. The second kappa shape index (κ2) is 13.9. The Morgan fingerprint density at radius 3 is 0.957 bits per heavy atom. The Hall–Kier alpha value is 1.82. The Morgan fingerprint density at radius 1 is 0.565 bits per heavy atom. The summed E-state index contributed by atoms with van der Waals surface area (Å²) < 4.78 is 0. The number of rotatable bonds is 4. The molecule has 0 aromatic rings. The molecule has 2 saturated carbocycles. The fourth-order valence-electron chi connectivity index (χ4n) is 3.16. The van der Waals surface area contributed by atoms with Crippen molar-refractivity contribution in [3.05, 3.63) is 9.96 Å². The van der Waals surface area contributed by atoms with Crippen molar-refractivity contribution in [1.82, 2.24) is 0 Å². The van der Waals surface area contributed by atoms with E-state index in [0.717, 1.165) is 12.1 Å². The first-order chi connectivity index (χ1) is 9.16. The van der Waals surface area contributed by atoms with E-state index in [-0.39, 0.29) is 51.0 Å². The largest absolute Gasteiger partial charge is 4.00 e. The normalized spacial score (nSPS) is 19.0. The Balaban J connectivity index is -0.000000308. The Labute approximate surface area is 179 Å². The molecule has 0 bridgehead atoms. The molecule has 0 aliphatic heterocycles. The van der Waals surface area contributed by atoms with Crippen LogP contribution in [0.5, 0.6) is 0 Å². The van der Waals surface area contributed by atoms with E-state index in [9.17, 15) is 0 Å². The van der Waals surface area contributed by atoms with E-state index in [2.05, 4.69) is 39.3 Å². The molecule has 7 heteroatoms. The van der Waals surface area contributed by atoms with Gasteiger partial charge in [-0.15, -0.1) is 12.1 Å². The molecule has 0 heterocycles. The van der Waals surface area contributed by atoms with Gasteiger partial charge in [0.2, 0.25) is 0 Å². The Kier molecular flexibility index (Phi) is 17.9. The molecule has 0 unspecified atom stereocenters. The first-order valence-electron chi connectivity index (χ1n) is 8.60. The molecule has 0 aromatic carbocycles. The predicted molar refractivity (Wildman–Crippen MR) is 97.9 cm³/mol. The van der Waals surface area contributed by atoms with Gasteiger partial charge in [-0.05, 0) is 0 Å². The molecule has 0 spiro atoms. The first kappa shape index (κ1) is 29.6. The van der Waals surface area contributed by atoms with Gasteiger partial charge in [0.05, 0.1) is 0 Å². The molecule has 136 valence electrons. The fraction of sp³-hybridized carbons (Fsp3) is 1.00. The molecule has 0 aromatic heterocycles. The molecule has 0 amide bonds. The second-order valence-corrected chi connectivity index (χ2v) is 17.7. The quantitative estimate of drug-likeness (QED) is 0.524. The summed E-state index contributed by atoms with van der Waals surface area (Å²) in [4.78, 5) is 9.69. The first-order valence-corrected chi connectivity index (χ1v) is 15.5. The van der Waals surface area contributed by atoms with Crippen molar-refractivity contribution < 1.29 is 51.0 Å². The molecule has 0 atom stereocenters. The summed E-state index contributed by atoms with van der Waals surface area (Å²) in [5.41, 5.74) is 0. The van der Waals surface area contributed by atoms with Crippen molar-refractivity contribution in [1.29, 1.82) is 0 Å². The van der Waals surface area contributed by atoms with E-state index < -0.39 is 16.5 Å². The van der Waals surface area contributed by atoms with Gasteiger partial charge in [0, 0.05) is 0 Å². The van der Waals surface area contributed by atoms with Gasteiger partial charge in [-0.2, -0.15) is 0 Å². The van der Waals surface area contributed by atoms with Crippen molar-refractivity contribution in [3.8, 4) is 0 Å². The molecule has 0 saturated heterocycles. The van der Waals surface area contributed by atoms with Crippen LogP contribution in [0.1, 0.15) is 51.4 Å². The standard InChI is InChI=1S/2C8H18NSi.2ClH.Zr/c2*1-10(2,3)9-8-6-4-5-7-8;;;/h2*8H,4-7H2,1-3H3;2*1H;/q2*-1;;;+4/p-2. The molecule has 0 N–H and O–H groups in total. The average molecular weight is 475 g/mol. The number of hydrogen-bond donors (Lipinski definition) is 0. The zero-order valence-corrected chi connectivity index (χ0v) is 21.9. The third-order valence-electron chi connectivity index (χ3n) is 3.79. The van der Waals surface area contributed by atoms with Crippen LogP contribution in [0.3, 0.4) is 0 Å². The van der Waals surface area contributed by atoms with E-state index in [1.54, 1.807) is 0 Å². The Bertz CT molecular complexity index is 244. The fourth-order valence-corrected chi connectivity index (χ4v) is 5.87. The maximum Gasteiger partial charge on any atom is 4.00 e. The molecular weight excluding hydrogens is 438 g/mol. The summed E-state index contributed by atoms with van der Waals surface area (Å²) in [7, 11) is -2.19. The summed E-state index contributed by atoms with van der Waals surface area (Å²) in [6, 6.07) is 1.48. The van der Waals surface area contributed by atoms with Crippen LogP contribution in [0, 0.1) is 0 Å². The molecular formula is C16H36Cl2N2Si2Zr. The molecule has 0 radical (unpaired) electrons. The van der Waals surface area contributed by atoms with Gasteiger partial charge in [0.25, 0.3) is 0 Å². The number of halogens is 2. The molecule has 2 rings (SSSR count). The third-order valence-corrected chi connectivity index (χ3v) is 6.07. The van der Waals surface area contributed by atoms with Crippen molar-refractivity contribution in [2.24, 2.45) is 0 Å². The van der Waals surface area contributed by atoms with Crippen LogP contribution < -0.4 is 24.8 Å². The van der Waals surface area contributed by atoms with Crippen molar-refractivity contribution in [2.45, 2.75) is 103 Å². The predicted octanol–water partition coefficient (Wildman–Crippen LogP) is 0.281. The van der Waals surface area contributed by atoms with Gasteiger partial charge in [-0.1, -0.05) is 107 Å². The van der Waals surface area contributed by atoms with E-state index in [1.165, 1.54) is 51.4 Å². The van der Waals surface area contributed by atoms with Crippen LogP contribution in [0.25, 0.3) is 9.96 Å². The van der Waals surface area contributed by atoms with Crippen molar-refractivity contribution in [3.63, 3.8) is 0 Å². The second-order valence-electron chi connectivity index (χ2n) is 8.48. The van der Waals surface area contributed by atoms with Crippen LogP contribution in [-0.4, -0.2) is 28.6 Å².